The van der Waals surface area contributed by atoms with Gasteiger partial charge in [-0.2, -0.15) is 8.42 Å². The molecule has 0 amide bonds. The fourth-order valence-electron chi connectivity index (χ4n) is 0.938. The van der Waals surface area contributed by atoms with Gasteiger partial charge in [0.1, 0.15) is 10.6 Å². The van der Waals surface area contributed by atoms with Gasteiger partial charge >= 0.3 is 0 Å². The Kier molecular flexibility index (Phi) is 5.15. The third kappa shape index (κ3) is 3.30. The van der Waals surface area contributed by atoms with E-state index in [4.69, 9.17) is 9.29 Å². The first-order chi connectivity index (χ1) is 6.05. The molecule has 0 fully saturated rings. The number of para-hydroxylation sites is 1. The average molecular weight is 258 g/mol. The summed E-state index contributed by atoms with van der Waals surface area (Å²) in [4.78, 5) is -0.197. The number of hydrogen-bond acceptors (Lipinski definition) is 3. The van der Waals surface area contributed by atoms with E-state index in [1.165, 1.54) is 18.2 Å². The monoisotopic (exact) mass is 258 g/mol. The molecule has 1 N–H and O–H groups in total. The second kappa shape index (κ2) is 5.36. The van der Waals surface area contributed by atoms with Gasteiger partial charge in [0, 0.05) is 17.1 Å². The van der Waals surface area contributed by atoms with Crippen LogP contribution < -0.4 is 4.74 Å². The van der Waals surface area contributed by atoms with Gasteiger partial charge in [-0.1, -0.05) is 12.1 Å². The number of benzene rings is 1. The molecule has 80 valence electrons. The maximum Gasteiger partial charge on any atom is 0.298 e. The van der Waals surface area contributed by atoms with Gasteiger partial charge in [-0.05, 0) is 19.1 Å². The quantitative estimate of drug-likeness (QED) is 0.656. The summed E-state index contributed by atoms with van der Waals surface area (Å²) in [5, 5.41) is 0. The predicted molar refractivity (Wildman–Crippen MR) is 47.4 cm³/mol. The third-order valence-corrected chi connectivity index (χ3v) is 2.32. The molecule has 0 radical (unpaired) electrons. The molecule has 0 aromatic heterocycles. The molecule has 4 nitrogen and oxygen atoms in total. The minimum Gasteiger partial charge on any atom is -0.492 e. The molecular formula is C8H10FeO4S. The second-order valence-electron chi connectivity index (χ2n) is 2.35. The summed E-state index contributed by atoms with van der Waals surface area (Å²) in [6.07, 6.45) is 0. The molecule has 0 unspecified atom stereocenters. The molecule has 0 aliphatic carbocycles. The second-order valence-corrected chi connectivity index (χ2v) is 3.74. The summed E-state index contributed by atoms with van der Waals surface area (Å²) in [7, 11) is -4.18. The van der Waals surface area contributed by atoms with Crippen molar-refractivity contribution in [1.82, 2.24) is 0 Å². The summed E-state index contributed by atoms with van der Waals surface area (Å²) < 4.78 is 35.4. The molecular weight excluding hydrogens is 248 g/mol. The maximum atomic E-state index is 10.8. The molecule has 0 heterocycles. The molecule has 0 spiro atoms. The Hall–Kier alpha value is -0.551. The van der Waals surface area contributed by atoms with Gasteiger partial charge in [-0.25, -0.2) is 0 Å². The van der Waals surface area contributed by atoms with Crippen molar-refractivity contribution in [1.29, 1.82) is 0 Å². The molecule has 0 bridgehead atoms. The van der Waals surface area contributed by atoms with Gasteiger partial charge in [0.05, 0.1) is 6.61 Å². The van der Waals surface area contributed by atoms with Crippen LogP contribution in [0.1, 0.15) is 6.92 Å². The molecule has 1 rings (SSSR count). The van der Waals surface area contributed by atoms with Crippen molar-refractivity contribution in [2.24, 2.45) is 0 Å². The van der Waals surface area contributed by atoms with Gasteiger partial charge in [0.25, 0.3) is 10.1 Å². The van der Waals surface area contributed by atoms with Crippen LogP contribution in [0.5, 0.6) is 5.75 Å². The fourth-order valence-corrected chi connectivity index (χ4v) is 1.57. The molecule has 1 aromatic rings. The number of hydrogen-bond donors (Lipinski definition) is 1. The van der Waals surface area contributed by atoms with E-state index in [9.17, 15) is 8.42 Å². The maximum absolute atomic E-state index is 10.8. The van der Waals surface area contributed by atoms with Crippen molar-refractivity contribution < 1.29 is 34.8 Å². The predicted octanol–water partition coefficient (Wildman–Crippen LogP) is 1.33. The molecule has 6 heteroatoms. The number of rotatable bonds is 3. The summed E-state index contributed by atoms with van der Waals surface area (Å²) in [5.41, 5.74) is 0. The van der Waals surface area contributed by atoms with E-state index in [1.54, 1.807) is 13.0 Å². The molecule has 1 aromatic carbocycles. The summed E-state index contributed by atoms with van der Waals surface area (Å²) >= 11 is 0. The molecule has 14 heavy (non-hydrogen) atoms. The normalized spacial score (nSPS) is 10.4. The van der Waals surface area contributed by atoms with Crippen molar-refractivity contribution in [2.75, 3.05) is 6.61 Å². The van der Waals surface area contributed by atoms with Crippen LogP contribution in [0.25, 0.3) is 0 Å². The Labute approximate surface area is 93.5 Å². The van der Waals surface area contributed by atoms with Gasteiger partial charge in [0.15, 0.2) is 0 Å². The Bertz CT molecular complexity index is 388. The summed E-state index contributed by atoms with van der Waals surface area (Å²) in [6, 6.07) is 5.94. The van der Waals surface area contributed by atoms with Crippen molar-refractivity contribution >= 4 is 10.1 Å². The van der Waals surface area contributed by atoms with Crippen LogP contribution >= 0.6 is 0 Å². The Balaban J connectivity index is 0.00000169. The van der Waals surface area contributed by atoms with E-state index in [2.05, 4.69) is 0 Å². The Morgan fingerprint density at radius 2 is 1.93 bits per heavy atom. The van der Waals surface area contributed by atoms with Crippen LogP contribution in [-0.2, 0) is 27.2 Å². The number of ether oxygens (including phenoxy) is 1. The summed E-state index contributed by atoms with van der Waals surface area (Å²) in [6.45, 7) is 2.09. The molecule has 0 atom stereocenters. The van der Waals surface area contributed by atoms with Crippen molar-refractivity contribution in [3.05, 3.63) is 24.3 Å². The first-order valence-electron chi connectivity index (χ1n) is 3.75. The standard InChI is InChI=1S/C8H10O4S.Fe/c1-2-12-7-5-3-4-6-8(7)13(9,10)11;/h3-6H,2H2,1H3,(H,9,10,11);. The minimum absolute atomic E-state index is 0. The van der Waals surface area contributed by atoms with Crippen molar-refractivity contribution in [3.63, 3.8) is 0 Å². The van der Waals surface area contributed by atoms with Gasteiger partial charge in [-0.15, -0.1) is 0 Å². The van der Waals surface area contributed by atoms with Crippen LogP contribution in [0, 0.1) is 0 Å². The molecule has 0 saturated carbocycles. The Morgan fingerprint density at radius 3 is 2.43 bits per heavy atom. The molecule has 0 saturated heterocycles. The minimum atomic E-state index is -4.18. The fraction of sp³-hybridized carbons (Fsp3) is 0.250. The van der Waals surface area contributed by atoms with E-state index in [0.29, 0.717) is 6.61 Å². The van der Waals surface area contributed by atoms with Crippen molar-refractivity contribution in [3.8, 4) is 5.75 Å². The van der Waals surface area contributed by atoms with E-state index >= 15 is 0 Å². The van der Waals surface area contributed by atoms with E-state index in [-0.39, 0.29) is 27.7 Å². The zero-order chi connectivity index (χ0) is 9.90. The van der Waals surface area contributed by atoms with Gasteiger partial charge in [0.2, 0.25) is 0 Å². The van der Waals surface area contributed by atoms with Crippen LogP contribution in [0.4, 0.5) is 0 Å². The third-order valence-electron chi connectivity index (χ3n) is 1.43. The average Bonchev–Trinajstić information content (AvgIpc) is 2.04. The first-order valence-corrected chi connectivity index (χ1v) is 5.19. The van der Waals surface area contributed by atoms with Gasteiger partial charge in [-0.3, -0.25) is 4.55 Å². The Morgan fingerprint density at radius 1 is 1.36 bits per heavy atom. The largest absolute Gasteiger partial charge is 0.492 e. The zero-order valence-electron chi connectivity index (χ0n) is 7.45. The van der Waals surface area contributed by atoms with Crippen LogP contribution in [0.3, 0.4) is 0 Å². The zero-order valence-corrected chi connectivity index (χ0v) is 9.37. The van der Waals surface area contributed by atoms with Crippen molar-refractivity contribution in [2.45, 2.75) is 11.8 Å². The smallest absolute Gasteiger partial charge is 0.298 e. The molecule has 0 aliphatic heterocycles. The van der Waals surface area contributed by atoms with Crippen LogP contribution in [0.15, 0.2) is 29.2 Å². The first kappa shape index (κ1) is 13.4. The van der Waals surface area contributed by atoms with Crippen LogP contribution in [-0.4, -0.2) is 19.6 Å². The van der Waals surface area contributed by atoms with E-state index in [0.717, 1.165) is 0 Å². The van der Waals surface area contributed by atoms with Crippen LogP contribution in [0.2, 0.25) is 0 Å². The van der Waals surface area contributed by atoms with E-state index in [1.807, 2.05) is 0 Å². The van der Waals surface area contributed by atoms with Gasteiger partial charge < -0.3 is 4.74 Å². The summed E-state index contributed by atoms with van der Waals surface area (Å²) in [5.74, 6) is 0.174. The van der Waals surface area contributed by atoms with E-state index < -0.39 is 10.1 Å². The molecule has 0 aliphatic rings. The SMILES string of the molecule is CCOc1ccccc1S(=O)(=O)O.[Fe]. The topological polar surface area (TPSA) is 63.6 Å².